The van der Waals surface area contributed by atoms with E-state index in [1.54, 1.807) is 12.1 Å². The van der Waals surface area contributed by atoms with Gasteiger partial charge in [-0.25, -0.2) is 0 Å². The Morgan fingerprint density at radius 1 is 1.44 bits per heavy atom. The molecule has 1 amide bonds. The Hall–Kier alpha value is -0.820. The average Bonchev–Trinajstić information content (AvgIpc) is 3.10. The van der Waals surface area contributed by atoms with Crippen LogP contribution < -0.4 is 5.32 Å². The quantitative estimate of drug-likeness (QED) is 0.702. The van der Waals surface area contributed by atoms with Crippen molar-refractivity contribution in [3.8, 4) is 5.75 Å². The lowest BCUT2D eigenvalue weighted by molar-refractivity contribution is 0.0938. The lowest BCUT2D eigenvalue weighted by Gasteiger charge is -2.15. The summed E-state index contributed by atoms with van der Waals surface area (Å²) in [6.45, 7) is 0.724. The number of phenols is 1. The van der Waals surface area contributed by atoms with Crippen LogP contribution in [-0.2, 0) is 0 Å². The SMILES string of the molecule is O=C(NCC1(CCO)CC1)c1cc(I)ccc1O. The summed E-state index contributed by atoms with van der Waals surface area (Å²) >= 11 is 2.10. The highest BCUT2D eigenvalue weighted by Gasteiger charge is 2.41. The molecule has 0 radical (unpaired) electrons. The summed E-state index contributed by atoms with van der Waals surface area (Å²) in [6, 6.07) is 4.94. The molecule has 0 atom stereocenters. The summed E-state index contributed by atoms with van der Waals surface area (Å²) in [5.41, 5.74) is 0.392. The minimum atomic E-state index is -0.254. The van der Waals surface area contributed by atoms with Crippen molar-refractivity contribution in [2.75, 3.05) is 13.2 Å². The van der Waals surface area contributed by atoms with Crippen LogP contribution in [0, 0.1) is 8.99 Å². The Morgan fingerprint density at radius 3 is 2.78 bits per heavy atom. The topological polar surface area (TPSA) is 69.6 Å². The third kappa shape index (κ3) is 3.14. The van der Waals surface area contributed by atoms with E-state index in [1.807, 2.05) is 0 Å². The van der Waals surface area contributed by atoms with Gasteiger partial charge in [0.1, 0.15) is 5.75 Å². The van der Waals surface area contributed by atoms with Crippen molar-refractivity contribution in [1.29, 1.82) is 0 Å². The van der Waals surface area contributed by atoms with Gasteiger partial charge in [-0.3, -0.25) is 4.79 Å². The van der Waals surface area contributed by atoms with Crippen molar-refractivity contribution in [2.45, 2.75) is 19.3 Å². The molecule has 1 aromatic rings. The Balaban J connectivity index is 1.98. The van der Waals surface area contributed by atoms with E-state index in [-0.39, 0.29) is 23.7 Å². The average molecular weight is 361 g/mol. The van der Waals surface area contributed by atoms with Crippen molar-refractivity contribution >= 4 is 28.5 Å². The zero-order valence-electron chi connectivity index (χ0n) is 9.95. The van der Waals surface area contributed by atoms with Gasteiger partial charge in [-0.05, 0) is 65.5 Å². The molecule has 18 heavy (non-hydrogen) atoms. The normalized spacial score (nSPS) is 16.3. The highest BCUT2D eigenvalue weighted by Crippen LogP contribution is 2.47. The minimum absolute atomic E-state index is 0.0000730. The standard InChI is InChI=1S/C13H16INO3/c14-9-1-2-11(17)10(7-9)12(18)15-8-13(3-4-13)5-6-16/h1-2,7,16-17H,3-6,8H2,(H,15,18). The predicted molar refractivity (Wildman–Crippen MR) is 76.5 cm³/mol. The van der Waals surface area contributed by atoms with Crippen LogP contribution in [-0.4, -0.2) is 29.3 Å². The number of amides is 1. The fourth-order valence-electron chi connectivity index (χ4n) is 1.98. The number of phenolic OH excluding ortho intramolecular Hbond substituents is 1. The number of benzene rings is 1. The van der Waals surface area contributed by atoms with E-state index in [0.717, 1.165) is 22.8 Å². The molecule has 1 fully saturated rings. The van der Waals surface area contributed by atoms with Crippen molar-refractivity contribution in [1.82, 2.24) is 5.32 Å². The Kier molecular flexibility index (Phi) is 4.11. The van der Waals surface area contributed by atoms with E-state index in [2.05, 4.69) is 27.9 Å². The number of hydrogen-bond acceptors (Lipinski definition) is 3. The lowest BCUT2D eigenvalue weighted by atomic mass is 10.0. The molecule has 0 aliphatic heterocycles. The van der Waals surface area contributed by atoms with Crippen LogP contribution in [0.4, 0.5) is 0 Å². The number of halogens is 1. The van der Waals surface area contributed by atoms with Gasteiger partial charge >= 0.3 is 0 Å². The summed E-state index contributed by atoms with van der Waals surface area (Å²) in [7, 11) is 0. The van der Waals surface area contributed by atoms with Gasteiger partial charge in [0.25, 0.3) is 5.91 Å². The smallest absolute Gasteiger partial charge is 0.255 e. The molecule has 0 spiro atoms. The van der Waals surface area contributed by atoms with E-state index < -0.39 is 0 Å². The Morgan fingerprint density at radius 2 is 2.17 bits per heavy atom. The van der Waals surface area contributed by atoms with Crippen LogP contribution in [0.15, 0.2) is 18.2 Å². The number of aliphatic hydroxyl groups excluding tert-OH is 1. The third-order valence-corrected chi connectivity index (χ3v) is 4.10. The number of nitrogens with one attached hydrogen (secondary N) is 1. The number of hydrogen-bond donors (Lipinski definition) is 3. The molecule has 0 aromatic heterocycles. The van der Waals surface area contributed by atoms with E-state index in [4.69, 9.17) is 5.11 Å². The van der Waals surface area contributed by atoms with Gasteiger partial charge in [-0.1, -0.05) is 0 Å². The monoisotopic (exact) mass is 361 g/mol. The second-order valence-electron chi connectivity index (χ2n) is 4.82. The first-order chi connectivity index (χ1) is 8.56. The Labute approximate surface area is 120 Å². The number of carbonyl (C=O) groups excluding carboxylic acids is 1. The number of carbonyl (C=O) groups is 1. The molecule has 0 saturated heterocycles. The summed E-state index contributed by atoms with van der Waals surface area (Å²) in [5, 5.41) is 21.4. The molecule has 1 aliphatic rings. The number of rotatable bonds is 5. The molecule has 2 rings (SSSR count). The molecule has 98 valence electrons. The molecule has 4 nitrogen and oxygen atoms in total. The van der Waals surface area contributed by atoms with Crippen molar-refractivity contribution < 1.29 is 15.0 Å². The summed E-state index contributed by atoms with van der Waals surface area (Å²) in [6.07, 6.45) is 2.82. The maximum atomic E-state index is 12.0. The number of aliphatic hydroxyl groups is 1. The fraction of sp³-hybridized carbons (Fsp3) is 0.462. The maximum absolute atomic E-state index is 12.0. The van der Waals surface area contributed by atoms with Crippen LogP contribution in [0.3, 0.4) is 0 Å². The minimum Gasteiger partial charge on any atom is -0.507 e. The third-order valence-electron chi connectivity index (χ3n) is 3.43. The van der Waals surface area contributed by atoms with Gasteiger partial charge in [0.15, 0.2) is 0 Å². The van der Waals surface area contributed by atoms with Crippen LogP contribution in [0.25, 0.3) is 0 Å². The van der Waals surface area contributed by atoms with Gasteiger partial charge in [-0.2, -0.15) is 0 Å². The molecule has 1 aromatic carbocycles. The van der Waals surface area contributed by atoms with Gasteiger partial charge < -0.3 is 15.5 Å². The predicted octanol–water partition coefficient (Wildman–Crippen LogP) is 1.89. The van der Waals surface area contributed by atoms with Crippen LogP contribution in [0.2, 0.25) is 0 Å². The molecule has 0 heterocycles. The summed E-state index contributed by atoms with van der Waals surface area (Å²) < 4.78 is 0.909. The summed E-state index contributed by atoms with van der Waals surface area (Å²) in [4.78, 5) is 12.0. The first-order valence-electron chi connectivity index (χ1n) is 5.94. The van der Waals surface area contributed by atoms with Crippen LogP contribution >= 0.6 is 22.6 Å². The number of aromatic hydroxyl groups is 1. The van der Waals surface area contributed by atoms with Crippen LogP contribution in [0.1, 0.15) is 29.6 Å². The first kappa shape index (κ1) is 13.6. The lowest BCUT2D eigenvalue weighted by Crippen LogP contribution is -2.30. The van der Waals surface area contributed by atoms with E-state index in [9.17, 15) is 9.90 Å². The molecule has 5 heteroatoms. The Bertz CT molecular complexity index is 458. The van der Waals surface area contributed by atoms with Crippen molar-refractivity contribution in [2.24, 2.45) is 5.41 Å². The van der Waals surface area contributed by atoms with Gasteiger partial charge in [-0.15, -0.1) is 0 Å². The second kappa shape index (κ2) is 5.44. The van der Waals surface area contributed by atoms with Crippen molar-refractivity contribution in [3.05, 3.63) is 27.3 Å². The molecule has 1 saturated carbocycles. The zero-order valence-corrected chi connectivity index (χ0v) is 12.1. The van der Waals surface area contributed by atoms with Gasteiger partial charge in [0.2, 0.25) is 0 Å². The van der Waals surface area contributed by atoms with Gasteiger partial charge in [0, 0.05) is 16.7 Å². The molecular weight excluding hydrogens is 345 g/mol. The molecule has 0 bridgehead atoms. The first-order valence-corrected chi connectivity index (χ1v) is 7.02. The highest BCUT2D eigenvalue weighted by atomic mass is 127. The highest BCUT2D eigenvalue weighted by molar-refractivity contribution is 14.1. The maximum Gasteiger partial charge on any atom is 0.255 e. The molecule has 1 aliphatic carbocycles. The largest absolute Gasteiger partial charge is 0.507 e. The molecule has 0 unspecified atom stereocenters. The second-order valence-corrected chi connectivity index (χ2v) is 6.06. The summed E-state index contributed by atoms with van der Waals surface area (Å²) in [5.74, 6) is -0.254. The molecular formula is C13H16INO3. The van der Waals surface area contributed by atoms with Gasteiger partial charge in [0.05, 0.1) is 5.56 Å². The fourth-order valence-corrected chi connectivity index (χ4v) is 2.47. The van der Waals surface area contributed by atoms with E-state index in [1.165, 1.54) is 6.07 Å². The zero-order chi connectivity index (χ0) is 13.2. The van der Waals surface area contributed by atoms with Crippen LogP contribution in [0.5, 0.6) is 5.75 Å². The van der Waals surface area contributed by atoms with Crippen molar-refractivity contribution in [3.63, 3.8) is 0 Å². The molecule has 3 N–H and O–H groups in total. The van der Waals surface area contributed by atoms with E-state index >= 15 is 0 Å². The van der Waals surface area contributed by atoms with E-state index in [0.29, 0.717) is 12.1 Å².